The van der Waals surface area contributed by atoms with Gasteiger partial charge in [0.15, 0.2) is 0 Å². The summed E-state index contributed by atoms with van der Waals surface area (Å²) in [7, 11) is 0. The van der Waals surface area contributed by atoms with Crippen LogP contribution in [0.5, 0.6) is 5.75 Å². The Morgan fingerprint density at radius 2 is 1.88 bits per heavy atom. The average Bonchev–Trinajstić information content (AvgIpc) is 2.97. The van der Waals surface area contributed by atoms with Crippen LogP contribution < -0.4 is 15.0 Å². The van der Waals surface area contributed by atoms with Crippen molar-refractivity contribution in [3.8, 4) is 5.75 Å². The van der Waals surface area contributed by atoms with E-state index in [1.807, 2.05) is 36.4 Å². The highest BCUT2D eigenvalue weighted by molar-refractivity contribution is 8.18. The molecule has 1 aromatic carbocycles. The number of carboxylic acid groups (broad SMARTS) is 2. The molecule has 0 spiro atoms. The number of hydrogen-bond donors (Lipinski definition) is 3. The number of amides is 2. The zero-order valence-corrected chi connectivity index (χ0v) is 17.9. The van der Waals surface area contributed by atoms with Crippen molar-refractivity contribution in [2.24, 2.45) is 0 Å². The van der Waals surface area contributed by atoms with Gasteiger partial charge in [-0.1, -0.05) is 12.1 Å². The van der Waals surface area contributed by atoms with Gasteiger partial charge < -0.3 is 19.8 Å². The number of benzene rings is 1. The number of carbonyl (C=O) groups excluding carboxylic acids is 2. The lowest BCUT2D eigenvalue weighted by atomic mass is 10.1. The van der Waals surface area contributed by atoms with Gasteiger partial charge in [0.1, 0.15) is 18.2 Å². The minimum atomic E-state index is -1.26. The van der Waals surface area contributed by atoms with Gasteiger partial charge in [-0.2, -0.15) is 0 Å². The molecule has 1 saturated heterocycles. The average molecular weight is 469 g/mol. The number of pyridine rings is 1. The van der Waals surface area contributed by atoms with Gasteiger partial charge in [-0.25, -0.2) is 14.6 Å². The number of nitrogens with one attached hydrogen (secondary N) is 1. The first-order valence-electron chi connectivity index (χ1n) is 9.62. The fraction of sp³-hybridized carbons (Fsp3) is 0.136. The van der Waals surface area contributed by atoms with Crippen LogP contribution in [-0.4, -0.2) is 51.4 Å². The molecule has 1 fully saturated rings. The summed E-state index contributed by atoms with van der Waals surface area (Å²) in [5.74, 6) is -1.13. The molecular weight excluding hydrogens is 450 g/mol. The molecule has 0 radical (unpaired) electrons. The quantitative estimate of drug-likeness (QED) is 0.571. The number of aliphatic carboxylic acids is 2. The molecule has 170 valence electrons. The van der Waals surface area contributed by atoms with Crippen LogP contribution in [0, 0.1) is 0 Å². The van der Waals surface area contributed by atoms with E-state index in [9.17, 15) is 19.2 Å². The number of anilines is 1. The fourth-order valence-corrected chi connectivity index (χ4v) is 3.64. The van der Waals surface area contributed by atoms with Gasteiger partial charge in [-0.3, -0.25) is 14.9 Å². The number of imide groups is 1. The molecule has 2 amide bonds. The highest BCUT2D eigenvalue weighted by Crippen LogP contribution is 2.30. The van der Waals surface area contributed by atoms with E-state index in [1.54, 1.807) is 12.3 Å². The maximum absolute atomic E-state index is 11.7. The lowest BCUT2D eigenvalue weighted by Crippen LogP contribution is -2.25. The molecule has 11 heteroatoms. The summed E-state index contributed by atoms with van der Waals surface area (Å²) >= 11 is 0.917. The molecule has 0 aliphatic carbocycles. The van der Waals surface area contributed by atoms with E-state index >= 15 is 0 Å². The number of fused-ring (bicyclic) bond motifs is 1. The summed E-state index contributed by atoms with van der Waals surface area (Å²) in [6.07, 6.45) is 4.61. The van der Waals surface area contributed by atoms with Crippen molar-refractivity contribution in [2.75, 3.05) is 18.1 Å². The third-order valence-electron chi connectivity index (χ3n) is 4.35. The van der Waals surface area contributed by atoms with E-state index in [0.29, 0.717) is 30.2 Å². The minimum absolute atomic E-state index is 0.337. The molecule has 4 rings (SSSR count). The van der Waals surface area contributed by atoms with Crippen LogP contribution in [0.25, 0.3) is 6.08 Å². The first-order chi connectivity index (χ1) is 15.8. The van der Waals surface area contributed by atoms with Gasteiger partial charge in [-0.15, -0.1) is 0 Å². The van der Waals surface area contributed by atoms with Crippen LogP contribution in [0.15, 0.2) is 59.7 Å². The summed E-state index contributed by atoms with van der Waals surface area (Å²) < 4.78 is 5.83. The van der Waals surface area contributed by atoms with Crippen LogP contribution in [0.1, 0.15) is 11.1 Å². The van der Waals surface area contributed by atoms with Crippen LogP contribution in [0.4, 0.5) is 10.6 Å². The second kappa shape index (κ2) is 11.0. The highest BCUT2D eigenvalue weighted by atomic mass is 32.2. The van der Waals surface area contributed by atoms with E-state index < -0.39 is 11.9 Å². The summed E-state index contributed by atoms with van der Waals surface area (Å²) in [6, 6.07) is 11.6. The Hall–Kier alpha value is -4.12. The Morgan fingerprint density at radius 1 is 1.12 bits per heavy atom. The van der Waals surface area contributed by atoms with E-state index in [-0.39, 0.29) is 11.1 Å². The molecule has 0 unspecified atom stereocenters. The lowest BCUT2D eigenvalue weighted by Gasteiger charge is -2.20. The van der Waals surface area contributed by atoms with Crippen molar-refractivity contribution in [3.05, 3.63) is 70.8 Å². The Balaban J connectivity index is 0.000000331. The summed E-state index contributed by atoms with van der Waals surface area (Å²) in [4.78, 5) is 49.1. The predicted molar refractivity (Wildman–Crippen MR) is 121 cm³/mol. The number of thioether (sulfide) groups is 1. The van der Waals surface area contributed by atoms with Crippen LogP contribution in [-0.2, 0) is 20.9 Å². The molecule has 3 heterocycles. The first-order valence-corrected chi connectivity index (χ1v) is 10.4. The molecule has 1 aromatic heterocycles. The summed E-state index contributed by atoms with van der Waals surface area (Å²) in [6.45, 7) is 1.99. The monoisotopic (exact) mass is 469 g/mol. The number of rotatable bonds is 4. The largest absolute Gasteiger partial charge is 0.491 e. The van der Waals surface area contributed by atoms with E-state index in [0.717, 1.165) is 41.0 Å². The van der Waals surface area contributed by atoms with Gasteiger partial charge in [0.05, 0.1) is 11.4 Å². The number of nitrogens with zero attached hydrogens (tertiary/aromatic N) is 2. The van der Waals surface area contributed by atoms with Gasteiger partial charge in [-0.05, 0) is 47.7 Å². The van der Waals surface area contributed by atoms with Gasteiger partial charge in [0, 0.05) is 30.5 Å². The van der Waals surface area contributed by atoms with Gasteiger partial charge in [0.25, 0.3) is 11.1 Å². The topological polar surface area (TPSA) is 146 Å². The number of carbonyl (C=O) groups is 4. The lowest BCUT2D eigenvalue weighted by molar-refractivity contribution is -0.134. The second-order valence-corrected chi connectivity index (χ2v) is 7.70. The molecule has 0 bridgehead atoms. The molecule has 0 atom stereocenters. The molecule has 2 aliphatic heterocycles. The van der Waals surface area contributed by atoms with Crippen molar-refractivity contribution >= 4 is 46.7 Å². The standard InChI is InChI=1S/C18H15N3O3S.C4H4O4/c22-17-15(25-18(23)20-17)10-12-4-5-14-13(9-12)11-21(7-8-24-14)16-3-1-2-6-19-16;5-3(6)1-2-4(7)8/h1-6,9-10H,7-8,11H2,(H,20,22,23);1-2H,(H,5,6)(H,7,8)/b;2-1-. The Morgan fingerprint density at radius 3 is 2.48 bits per heavy atom. The molecule has 33 heavy (non-hydrogen) atoms. The number of ether oxygens (including phenoxy) is 1. The molecule has 2 aliphatic rings. The molecule has 10 nitrogen and oxygen atoms in total. The normalized spacial score (nSPS) is 16.4. The third-order valence-corrected chi connectivity index (χ3v) is 5.16. The molecule has 0 saturated carbocycles. The minimum Gasteiger partial charge on any atom is -0.491 e. The van der Waals surface area contributed by atoms with Gasteiger partial charge in [0.2, 0.25) is 0 Å². The maximum Gasteiger partial charge on any atom is 0.328 e. The van der Waals surface area contributed by atoms with E-state index in [2.05, 4.69) is 15.2 Å². The zero-order chi connectivity index (χ0) is 23.8. The van der Waals surface area contributed by atoms with Crippen molar-refractivity contribution in [1.29, 1.82) is 0 Å². The fourth-order valence-electron chi connectivity index (χ4n) is 2.96. The number of hydrogen-bond acceptors (Lipinski definition) is 8. The summed E-state index contributed by atoms with van der Waals surface area (Å²) in [5, 5.41) is 17.6. The Kier molecular flexibility index (Phi) is 7.82. The molecule has 3 N–H and O–H groups in total. The Bertz CT molecular complexity index is 1120. The van der Waals surface area contributed by atoms with Crippen molar-refractivity contribution < 1.29 is 34.1 Å². The number of aromatic nitrogens is 1. The van der Waals surface area contributed by atoms with Crippen LogP contribution >= 0.6 is 11.8 Å². The highest BCUT2D eigenvalue weighted by Gasteiger charge is 2.25. The smallest absolute Gasteiger partial charge is 0.328 e. The maximum atomic E-state index is 11.7. The van der Waals surface area contributed by atoms with Crippen molar-refractivity contribution in [3.63, 3.8) is 0 Å². The third kappa shape index (κ3) is 6.94. The summed E-state index contributed by atoms with van der Waals surface area (Å²) in [5.41, 5.74) is 1.88. The Labute approximate surface area is 192 Å². The first kappa shape index (κ1) is 23.5. The van der Waals surface area contributed by atoms with E-state index in [4.69, 9.17) is 14.9 Å². The van der Waals surface area contributed by atoms with Crippen LogP contribution in [0.3, 0.4) is 0 Å². The molecular formula is C22H19N3O7S. The zero-order valence-electron chi connectivity index (χ0n) is 17.1. The second-order valence-electron chi connectivity index (χ2n) is 6.69. The van der Waals surface area contributed by atoms with Crippen molar-refractivity contribution in [2.45, 2.75) is 6.54 Å². The molecule has 2 aromatic rings. The number of carboxylic acids is 2. The van der Waals surface area contributed by atoms with Crippen molar-refractivity contribution in [1.82, 2.24) is 10.3 Å². The predicted octanol–water partition coefficient (Wildman–Crippen LogP) is 2.52. The van der Waals surface area contributed by atoms with E-state index in [1.165, 1.54) is 0 Å². The SMILES string of the molecule is O=C(O)/C=C\C(=O)O.O=C1NC(=O)C(=Cc2ccc3c(c2)CN(c2ccccn2)CCO3)S1. The van der Waals surface area contributed by atoms with Crippen LogP contribution in [0.2, 0.25) is 0 Å². The van der Waals surface area contributed by atoms with Gasteiger partial charge >= 0.3 is 11.9 Å².